The highest BCUT2D eigenvalue weighted by Crippen LogP contribution is 2.08. The molecule has 0 aromatic rings. The van der Waals surface area contributed by atoms with Crippen molar-refractivity contribution in [3.63, 3.8) is 0 Å². The molecular formula is C5H13N3. The highest BCUT2D eigenvalue weighted by Gasteiger charge is 2.13. The third-order valence-electron chi connectivity index (χ3n) is 1.12. The summed E-state index contributed by atoms with van der Waals surface area (Å²) >= 11 is 0. The second-order valence-corrected chi connectivity index (χ2v) is 2.79. The fourth-order valence-electron chi connectivity index (χ4n) is 0.150. The van der Waals surface area contributed by atoms with Crippen molar-refractivity contribution in [3.8, 4) is 0 Å². The zero-order valence-electron chi connectivity index (χ0n) is 5.89. The van der Waals surface area contributed by atoms with Gasteiger partial charge in [-0.2, -0.15) is 5.53 Å². The Morgan fingerprint density at radius 3 is 1.75 bits per heavy atom. The molecule has 0 bridgehead atoms. The lowest BCUT2D eigenvalue weighted by Gasteiger charge is -2.26. The summed E-state index contributed by atoms with van der Waals surface area (Å²) < 4.78 is 0. The standard InChI is InChI=1S/C5H13N3/c1-5(2,3)8(4)7-6/h6H,1-4H3. The van der Waals surface area contributed by atoms with E-state index in [0.29, 0.717) is 0 Å². The molecule has 0 radical (unpaired) electrons. The second kappa shape index (κ2) is 2.11. The molecule has 0 aliphatic rings. The van der Waals surface area contributed by atoms with E-state index in [0.717, 1.165) is 0 Å². The molecule has 0 amide bonds. The lowest BCUT2D eigenvalue weighted by molar-refractivity contribution is 0.164. The molecule has 8 heavy (non-hydrogen) atoms. The number of nitrogens with one attached hydrogen (secondary N) is 1. The largest absolute Gasteiger partial charge is 0.277 e. The van der Waals surface area contributed by atoms with E-state index in [1.807, 2.05) is 20.8 Å². The molecular weight excluding hydrogens is 102 g/mol. The zero-order valence-corrected chi connectivity index (χ0v) is 5.89. The topological polar surface area (TPSA) is 39.5 Å². The van der Waals surface area contributed by atoms with Crippen molar-refractivity contribution in [2.24, 2.45) is 5.22 Å². The quantitative estimate of drug-likeness (QED) is 0.409. The molecule has 0 saturated carbocycles. The molecule has 3 nitrogen and oxygen atoms in total. The van der Waals surface area contributed by atoms with Crippen LogP contribution in [0.4, 0.5) is 0 Å². The van der Waals surface area contributed by atoms with Crippen LogP contribution in [0.15, 0.2) is 5.22 Å². The predicted octanol–water partition coefficient (Wildman–Crippen LogP) is 1.66. The summed E-state index contributed by atoms with van der Waals surface area (Å²) in [4.78, 5) is 0. The van der Waals surface area contributed by atoms with Crippen LogP contribution in [-0.4, -0.2) is 17.6 Å². The van der Waals surface area contributed by atoms with Gasteiger partial charge in [-0.15, -0.1) is 0 Å². The number of nitrogens with zero attached hydrogens (tertiary/aromatic N) is 2. The van der Waals surface area contributed by atoms with Gasteiger partial charge in [0, 0.05) is 7.05 Å². The first-order valence-electron chi connectivity index (χ1n) is 2.59. The van der Waals surface area contributed by atoms with Gasteiger partial charge in [-0.25, -0.2) is 0 Å². The van der Waals surface area contributed by atoms with Crippen LogP contribution in [0.2, 0.25) is 0 Å². The molecule has 0 aliphatic heterocycles. The summed E-state index contributed by atoms with van der Waals surface area (Å²) in [6, 6.07) is 0. The molecule has 48 valence electrons. The molecule has 0 spiro atoms. The van der Waals surface area contributed by atoms with Gasteiger partial charge in [0.2, 0.25) is 0 Å². The van der Waals surface area contributed by atoms with Crippen LogP contribution in [-0.2, 0) is 0 Å². The van der Waals surface area contributed by atoms with Gasteiger partial charge in [0.15, 0.2) is 0 Å². The van der Waals surface area contributed by atoms with Crippen LogP contribution in [0.5, 0.6) is 0 Å². The van der Waals surface area contributed by atoms with Gasteiger partial charge in [-0.3, -0.25) is 5.01 Å². The van der Waals surface area contributed by atoms with Crippen LogP contribution in [0.1, 0.15) is 20.8 Å². The SMILES string of the molecule is CN(N=N)C(C)(C)C. The van der Waals surface area contributed by atoms with Crippen LogP contribution in [0, 0.1) is 5.53 Å². The first-order chi connectivity index (χ1) is 3.48. The maximum atomic E-state index is 6.62. The van der Waals surface area contributed by atoms with Crippen molar-refractivity contribution in [1.82, 2.24) is 5.01 Å². The smallest absolute Gasteiger partial charge is 0.0508 e. The maximum Gasteiger partial charge on any atom is 0.0508 e. The molecule has 0 aromatic heterocycles. The Morgan fingerprint density at radius 2 is 1.75 bits per heavy atom. The highest BCUT2D eigenvalue weighted by molar-refractivity contribution is 4.67. The van der Waals surface area contributed by atoms with Gasteiger partial charge in [0.1, 0.15) is 0 Å². The van der Waals surface area contributed by atoms with Gasteiger partial charge in [0.25, 0.3) is 0 Å². The van der Waals surface area contributed by atoms with Crippen LogP contribution in [0.3, 0.4) is 0 Å². The summed E-state index contributed by atoms with van der Waals surface area (Å²) in [6.07, 6.45) is 0. The summed E-state index contributed by atoms with van der Waals surface area (Å²) in [5, 5.41) is 4.85. The number of rotatable bonds is 1. The fourth-order valence-corrected chi connectivity index (χ4v) is 0.150. The molecule has 0 unspecified atom stereocenters. The van der Waals surface area contributed by atoms with Crippen molar-refractivity contribution in [1.29, 1.82) is 5.53 Å². The van der Waals surface area contributed by atoms with Gasteiger partial charge < -0.3 is 0 Å². The van der Waals surface area contributed by atoms with E-state index in [1.54, 1.807) is 12.1 Å². The Labute approximate surface area is 50.2 Å². The molecule has 0 atom stereocenters. The van der Waals surface area contributed by atoms with Crippen LogP contribution >= 0.6 is 0 Å². The Morgan fingerprint density at radius 1 is 1.38 bits per heavy atom. The third kappa shape index (κ3) is 1.91. The zero-order chi connectivity index (χ0) is 6.78. The fraction of sp³-hybridized carbons (Fsp3) is 1.00. The van der Waals surface area contributed by atoms with E-state index in [-0.39, 0.29) is 5.54 Å². The average Bonchev–Trinajstić information content (AvgIpc) is 1.62. The molecule has 0 saturated heterocycles. The molecule has 1 N–H and O–H groups in total. The van der Waals surface area contributed by atoms with E-state index in [2.05, 4.69) is 5.22 Å². The molecule has 3 heteroatoms. The Kier molecular flexibility index (Phi) is 1.95. The predicted molar refractivity (Wildman–Crippen MR) is 32.7 cm³/mol. The monoisotopic (exact) mass is 115 g/mol. The minimum absolute atomic E-state index is 0.0122. The summed E-state index contributed by atoms with van der Waals surface area (Å²) in [6.45, 7) is 6.02. The van der Waals surface area contributed by atoms with Crippen molar-refractivity contribution < 1.29 is 0 Å². The minimum atomic E-state index is -0.0122. The van der Waals surface area contributed by atoms with Gasteiger partial charge in [-0.1, -0.05) is 5.22 Å². The highest BCUT2D eigenvalue weighted by atomic mass is 15.5. The number of hydrogen-bond donors (Lipinski definition) is 1. The van der Waals surface area contributed by atoms with Crippen LogP contribution in [0.25, 0.3) is 0 Å². The van der Waals surface area contributed by atoms with Crippen molar-refractivity contribution in [2.75, 3.05) is 7.05 Å². The summed E-state index contributed by atoms with van der Waals surface area (Å²) in [5.74, 6) is 0. The Hall–Kier alpha value is -0.600. The molecule has 0 fully saturated rings. The third-order valence-corrected chi connectivity index (χ3v) is 1.12. The minimum Gasteiger partial charge on any atom is -0.277 e. The molecule has 0 rings (SSSR count). The summed E-state index contributed by atoms with van der Waals surface area (Å²) in [5.41, 5.74) is 6.60. The Bertz CT molecular complexity index is 82.2. The van der Waals surface area contributed by atoms with Crippen molar-refractivity contribution in [2.45, 2.75) is 26.3 Å². The first kappa shape index (κ1) is 7.40. The summed E-state index contributed by atoms with van der Waals surface area (Å²) in [7, 11) is 1.78. The Balaban J connectivity index is 3.80. The average molecular weight is 115 g/mol. The van der Waals surface area contributed by atoms with E-state index >= 15 is 0 Å². The molecule has 0 aliphatic carbocycles. The van der Waals surface area contributed by atoms with Gasteiger partial charge >= 0.3 is 0 Å². The van der Waals surface area contributed by atoms with Gasteiger partial charge in [0.05, 0.1) is 5.54 Å². The van der Waals surface area contributed by atoms with Crippen molar-refractivity contribution >= 4 is 0 Å². The molecule has 0 aromatic carbocycles. The van der Waals surface area contributed by atoms with Crippen LogP contribution < -0.4 is 0 Å². The van der Waals surface area contributed by atoms with Crippen molar-refractivity contribution in [3.05, 3.63) is 0 Å². The number of hydrogen-bond acceptors (Lipinski definition) is 2. The van der Waals surface area contributed by atoms with Gasteiger partial charge in [-0.05, 0) is 20.8 Å². The normalized spacial score (nSPS) is 11.0. The lowest BCUT2D eigenvalue weighted by atomic mass is 10.1. The lowest BCUT2D eigenvalue weighted by Crippen LogP contribution is -2.33. The second-order valence-electron chi connectivity index (χ2n) is 2.79. The molecule has 0 heterocycles. The van der Waals surface area contributed by atoms with E-state index < -0.39 is 0 Å². The maximum absolute atomic E-state index is 6.62. The van der Waals surface area contributed by atoms with E-state index in [9.17, 15) is 0 Å². The van der Waals surface area contributed by atoms with E-state index in [1.165, 1.54) is 0 Å². The van der Waals surface area contributed by atoms with E-state index in [4.69, 9.17) is 5.53 Å². The first-order valence-corrected chi connectivity index (χ1v) is 2.59.